The maximum Gasteiger partial charge on any atom is 0.173 e. The highest BCUT2D eigenvalue weighted by molar-refractivity contribution is 7.80. The molecule has 1 saturated carbocycles. The van der Waals surface area contributed by atoms with Crippen molar-refractivity contribution < 1.29 is 0 Å². The van der Waals surface area contributed by atoms with Gasteiger partial charge in [0.15, 0.2) is 5.11 Å². The van der Waals surface area contributed by atoms with Crippen molar-refractivity contribution in [1.82, 2.24) is 4.90 Å². The summed E-state index contributed by atoms with van der Waals surface area (Å²) in [5.74, 6) is 1.44. The van der Waals surface area contributed by atoms with E-state index in [0.717, 1.165) is 36.2 Å². The molecule has 1 aliphatic carbocycles. The SMILES string of the molecule is CCCN(CC1CC1)C(=S)Nc1ccc(C(C)C)cc1. The van der Waals surface area contributed by atoms with Gasteiger partial charge >= 0.3 is 0 Å². The summed E-state index contributed by atoms with van der Waals surface area (Å²) >= 11 is 5.57. The second-order valence-corrected chi connectivity index (χ2v) is 6.48. The van der Waals surface area contributed by atoms with Crippen LogP contribution < -0.4 is 5.32 Å². The Morgan fingerprint density at radius 3 is 2.45 bits per heavy atom. The molecular formula is C17H26N2S. The van der Waals surface area contributed by atoms with Gasteiger partial charge in [-0.3, -0.25) is 0 Å². The van der Waals surface area contributed by atoms with E-state index in [9.17, 15) is 0 Å². The van der Waals surface area contributed by atoms with Gasteiger partial charge < -0.3 is 10.2 Å². The molecule has 0 bridgehead atoms. The van der Waals surface area contributed by atoms with Crippen LogP contribution in [0.25, 0.3) is 0 Å². The van der Waals surface area contributed by atoms with Gasteiger partial charge in [0, 0.05) is 18.8 Å². The molecule has 0 heterocycles. The van der Waals surface area contributed by atoms with Gasteiger partial charge in [-0.25, -0.2) is 0 Å². The number of rotatable bonds is 6. The number of hydrogen-bond donors (Lipinski definition) is 1. The van der Waals surface area contributed by atoms with Gasteiger partial charge in [-0.05, 0) is 61.0 Å². The molecule has 3 heteroatoms. The minimum absolute atomic E-state index is 0.572. The molecule has 0 radical (unpaired) electrons. The summed E-state index contributed by atoms with van der Waals surface area (Å²) in [6.07, 6.45) is 3.87. The lowest BCUT2D eigenvalue weighted by molar-refractivity contribution is 0.404. The van der Waals surface area contributed by atoms with Crippen LogP contribution in [0.2, 0.25) is 0 Å². The van der Waals surface area contributed by atoms with Crippen molar-refractivity contribution in [2.75, 3.05) is 18.4 Å². The first kappa shape index (κ1) is 15.3. The largest absolute Gasteiger partial charge is 0.349 e. The average Bonchev–Trinajstić information content (AvgIpc) is 3.23. The zero-order valence-corrected chi connectivity index (χ0v) is 13.7. The van der Waals surface area contributed by atoms with Crippen molar-refractivity contribution in [3.8, 4) is 0 Å². The van der Waals surface area contributed by atoms with Crippen LogP contribution in [-0.2, 0) is 0 Å². The second-order valence-electron chi connectivity index (χ2n) is 6.10. The van der Waals surface area contributed by atoms with E-state index < -0.39 is 0 Å². The van der Waals surface area contributed by atoms with Crippen molar-refractivity contribution in [2.24, 2.45) is 5.92 Å². The molecule has 0 amide bonds. The maximum atomic E-state index is 5.57. The summed E-state index contributed by atoms with van der Waals surface area (Å²) in [6.45, 7) is 8.80. The molecule has 1 aromatic carbocycles. The fourth-order valence-corrected chi connectivity index (χ4v) is 2.60. The number of hydrogen-bond acceptors (Lipinski definition) is 1. The molecule has 0 atom stereocenters. The van der Waals surface area contributed by atoms with Crippen molar-refractivity contribution in [1.29, 1.82) is 0 Å². The predicted octanol–water partition coefficient (Wildman–Crippen LogP) is 4.63. The summed E-state index contributed by atoms with van der Waals surface area (Å²) in [7, 11) is 0. The van der Waals surface area contributed by atoms with Crippen LogP contribution in [0.4, 0.5) is 5.69 Å². The first-order valence-electron chi connectivity index (χ1n) is 7.76. The van der Waals surface area contributed by atoms with Crippen LogP contribution >= 0.6 is 12.2 Å². The number of benzene rings is 1. The zero-order valence-electron chi connectivity index (χ0n) is 12.9. The Morgan fingerprint density at radius 2 is 1.95 bits per heavy atom. The molecule has 1 fully saturated rings. The van der Waals surface area contributed by atoms with E-state index in [1.807, 2.05) is 0 Å². The maximum absolute atomic E-state index is 5.57. The lowest BCUT2D eigenvalue weighted by Crippen LogP contribution is -2.36. The third kappa shape index (κ3) is 4.48. The van der Waals surface area contributed by atoms with Crippen LogP contribution in [0.3, 0.4) is 0 Å². The zero-order chi connectivity index (χ0) is 14.5. The van der Waals surface area contributed by atoms with Crippen LogP contribution in [0, 0.1) is 5.92 Å². The van der Waals surface area contributed by atoms with Gasteiger partial charge in [0.05, 0.1) is 0 Å². The quantitative estimate of drug-likeness (QED) is 0.769. The predicted molar refractivity (Wildman–Crippen MR) is 91.3 cm³/mol. The van der Waals surface area contributed by atoms with Crippen LogP contribution in [0.1, 0.15) is 51.5 Å². The molecular weight excluding hydrogens is 264 g/mol. The Bertz CT molecular complexity index is 435. The number of thiocarbonyl (C=S) groups is 1. The molecule has 110 valence electrons. The van der Waals surface area contributed by atoms with Gasteiger partial charge in [0.25, 0.3) is 0 Å². The fraction of sp³-hybridized carbons (Fsp3) is 0.588. The van der Waals surface area contributed by atoms with E-state index in [1.54, 1.807) is 0 Å². The number of nitrogens with zero attached hydrogens (tertiary/aromatic N) is 1. The van der Waals surface area contributed by atoms with E-state index in [4.69, 9.17) is 12.2 Å². The fourth-order valence-electron chi connectivity index (χ4n) is 2.31. The van der Waals surface area contributed by atoms with Crippen LogP contribution in [-0.4, -0.2) is 23.1 Å². The van der Waals surface area contributed by atoms with E-state index in [2.05, 4.69) is 55.3 Å². The topological polar surface area (TPSA) is 15.3 Å². The Labute approximate surface area is 128 Å². The highest BCUT2D eigenvalue weighted by atomic mass is 32.1. The summed E-state index contributed by atoms with van der Waals surface area (Å²) in [6, 6.07) is 8.62. The van der Waals surface area contributed by atoms with E-state index in [0.29, 0.717) is 5.92 Å². The van der Waals surface area contributed by atoms with E-state index in [-0.39, 0.29) is 0 Å². The lowest BCUT2D eigenvalue weighted by atomic mass is 10.0. The molecule has 0 aliphatic heterocycles. The highest BCUT2D eigenvalue weighted by Gasteiger charge is 2.25. The Kier molecular flexibility index (Phi) is 5.41. The molecule has 1 N–H and O–H groups in total. The van der Waals surface area contributed by atoms with Crippen molar-refractivity contribution in [3.05, 3.63) is 29.8 Å². The van der Waals surface area contributed by atoms with E-state index >= 15 is 0 Å². The molecule has 0 saturated heterocycles. The van der Waals surface area contributed by atoms with Gasteiger partial charge in [0.2, 0.25) is 0 Å². The Morgan fingerprint density at radius 1 is 1.30 bits per heavy atom. The first-order valence-corrected chi connectivity index (χ1v) is 8.17. The standard InChI is InChI=1S/C17H26N2S/c1-4-11-19(12-14-5-6-14)17(20)18-16-9-7-15(8-10-16)13(2)3/h7-10,13-14H,4-6,11-12H2,1-3H3,(H,18,20). The van der Waals surface area contributed by atoms with E-state index in [1.165, 1.54) is 18.4 Å². The van der Waals surface area contributed by atoms with Gasteiger partial charge in [-0.15, -0.1) is 0 Å². The van der Waals surface area contributed by atoms with Crippen LogP contribution in [0.15, 0.2) is 24.3 Å². The minimum Gasteiger partial charge on any atom is -0.349 e. The first-order chi connectivity index (χ1) is 9.60. The Balaban J connectivity index is 1.93. The summed E-state index contributed by atoms with van der Waals surface area (Å²) < 4.78 is 0. The molecule has 2 nitrogen and oxygen atoms in total. The van der Waals surface area contributed by atoms with Crippen molar-refractivity contribution in [3.63, 3.8) is 0 Å². The van der Waals surface area contributed by atoms with Gasteiger partial charge in [-0.2, -0.15) is 0 Å². The van der Waals surface area contributed by atoms with Crippen molar-refractivity contribution >= 4 is 23.0 Å². The molecule has 1 aromatic rings. The smallest absolute Gasteiger partial charge is 0.173 e. The molecule has 0 aromatic heterocycles. The normalized spacial score (nSPS) is 14.4. The molecule has 2 rings (SSSR count). The van der Waals surface area contributed by atoms with Crippen LogP contribution in [0.5, 0.6) is 0 Å². The summed E-state index contributed by atoms with van der Waals surface area (Å²) in [5.41, 5.74) is 2.46. The summed E-state index contributed by atoms with van der Waals surface area (Å²) in [4.78, 5) is 2.32. The average molecular weight is 290 g/mol. The second kappa shape index (κ2) is 7.07. The molecule has 0 unspecified atom stereocenters. The molecule has 20 heavy (non-hydrogen) atoms. The number of nitrogens with one attached hydrogen (secondary N) is 1. The molecule has 0 spiro atoms. The third-order valence-electron chi connectivity index (χ3n) is 3.78. The Hall–Kier alpha value is -1.09. The van der Waals surface area contributed by atoms with Gasteiger partial charge in [-0.1, -0.05) is 32.9 Å². The molecule has 1 aliphatic rings. The monoisotopic (exact) mass is 290 g/mol. The highest BCUT2D eigenvalue weighted by Crippen LogP contribution is 2.30. The van der Waals surface area contributed by atoms with Crippen molar-refractivity contribution in [2.45, 2.75) is 46.0 Å². The minimum atomic E-state index is 0.572. The third-order valence-corrected chi connectivity index (χ3v) is 4.15. The number of anilines is 1. The van der Waals surface area contributed by atoms with Gasteiger partial charge in [0.1, 0.15) is 0 Å². The summed E-state index contributed by atoms with van der Waals surface area (Å²) in [5, 5.41) is 4.25. The lowest BCUT2D eigenvalue weighted by Gasteiger charge is -2.25.